The van der Waals surface area contributed by atoms with E-state index in [9.17, 15) is 14.7 Å². The number of nitrogens with zero attached hydrogens (tertiary/aromatic N) is 2. The number of hydrogen-bond acceptors (Lipinski definition) is 9. The zero-order valence-corrected chi connectivity index (χ0v) is 32.7. The summed E-state index contributed by atoms with van der Waals surface area (Å²) in [6, 6.07) is 14.4. The van der Waals surface area contributed by atoms with Crippen molar-refractivity contribution >= 4 is 60.3 Å². The Kier molecular flexibility index (Phi) is 7.34. The Labute approximate surface area is 325 Å². The molecular weight excluding hydrogens is 820 g/mol. The third-order valence-corrected chi connectivity index (χ3v) is 12.1. The van der Waals surface area contributed by atoms with Gasteiger partial charge in [-0.2, -0.15) is 0 Å². The van der Waals surface area contributed by atoms with Crippen LogP contribution in [-0.2, 0) is 21.4 Å². The van der Waals surface area contributed by atoms with Crippen LogP contribution in [0.5, 0.6) is 5.75 Å². The lowest BCUT2D eigenvalue weighted by Crippen LogP contribution is -2.52. The van der Waals surface area contributed by atoms with Gasteiger partial charge < -0.3 is 39.6 Å². The van der Waals surface area contributed by atoms with Gasteiger partial charge in [-0.1, -0.05) is 67.9 Å². The number of aliphatic hydroxyl groups excluding tert-OH is 1. The number of carbonyl (C=O) groups is 2. The van der Waals surface area contributed by atoms with E-state index in [0.717, 1.165) is 54.4 Å². The van der Waals surface area contributed by atoms with Crippen LogP contribution in [0.4, 0.5) is 5.69 Å². The number of benzene rings is 3. The van der Waals surface area contributed by atoms with Crippen LogP contribution >= 0.6 is 31.9 Å². The number of halogens is 2. The van der Waals surface area contributed by atoms with Gasteiger partial charge in [0.05, 0.1) is 0 Å². The first-order valence-electron chi connectivity index (χ1n) is 17.9. The van der Waals surface area contributed by atoms with E-state index >= 15 is 0 Å². The number of oxazole rings is 2. The number of anilines is 1. The molecule has 5 N–H and O–H groups in total. The first-order valence-corrected chi connectivity index (χ1v) is 19.5. The van der Waals surface area contributed by atoms with Crippen molar-refractivity contribution in [3.8, 4) is 39.8 Å². The molecule has 6 aromatic rings. The fraction of sp³-hybridized carbons (Fsp3) is 0.300. The molecule has 3 aromatic heterocycles. The molecule has 4 aliphatic rings. The molecule has 2 amide bonds. The highest BCUT2D eigenvalue weighted by atomic mass is 79.9. The smallest absolute Gasteiger partial charge is 0.250 e. The van der Waals surface area contributed by atoms with E-state index in [-0.39, 0.29) is 30.0 Å². The summed E-state index contributed by atoms with van der Waals surface area (Å²) in [5.41, 5.74) is 6.24. The van der Waals surface area contributed by atoms with Crippen LogP contribution in [0.15, 0.2) is 72.6 Å². The number of ether oxygens (including phenoxy) is 1. The normalized spacial score (nSPS) is 22.2. The lowest BCUT2D eigenvalue weighted by Gasteiger charge is -2.29. The van der Waals surface area contributed by atoms with E-state index < -0.39 is 41.6 Å². The third kappa shape index (κ3) is 4.62. The third-order valence-electron chi connectivity index (χ3n) is 11.1. The summed E-state index contributed by atoms with van der Waals surface area (Å²) in [5, 5.41) is 21.3. The van der Waals surface area contributed by atoms with Gasteiger partial charge in [0.25, 0.3) is 5.89 Å². The van der Waals surface area contributed by atoms with Crippen molar-refractivity contribution in [2.75, 3.05) is 5.32 Å². The predicted octanol–water partition coefficient (Wildman–Crippen LogP) is 7.33. The second-order valence-electron chi connectivity index (χ2n) is 15.1. The highest BCUT2D eigenvalue weighted by Gasteiger charge is 2.62. The summed E-state index contributed by atoms with van der Waals surface area (Å²) < 4.78 is 21.9. The average molecular weight is 855 g/mol. The van der Waals surface area contributed by atoms with Gasteiger partial charge in [-0.15, -0.1) is 0 Å². The first kappa shape index (κ1) is 33.6. The molecule has 0 saturated heterocycles. The summed E-state index contributed by atoms with van der Waals surface area (Å²) in [4.78, 5) is 40.9. The lowest BCUT2D eigenvalue weighted by atomic mass is 9.72. The summed E-state index contributed by atoms with van der Waals surface area (Å²) in [6.07, 6.45) is 0.102. The van der Waals surface area contributed by atoms with Crippen LogP contribution in [0, 0.1) is 11.8 Å². The zero-order valence-electron chi connectivity index (χ0n) is 29.5. The molecule has 4 aliphatic heterocycles. The van der Waals surface area contributed by atoms with Crippen LogP contribution in [0.3, 0.4) is 0 Å². The van der Waals surface area contributed by atoms with Crippen molar-refractivity contribution in [2.24, 2.45) is 11.8 Å². The maximum Gasteiger partial charge on any atom is 0.250 e. The predicted molar refractivity (Wildman–Crippen MR) is 207 cm³/mol. The Morgan fingerprint density at radius 3 is 2.63 bits per heavy atom. The highest BCUT2D eigenvalue weighted by molar-refractivity contribution is 9.10. The minimum atomic E-state index is -1.29. The molecule has 3 aromatic carbocycles. The van der Waals surface area contributed by atoms with Gasteiger partial charge in [0.1, 0.15) is 29.4 Å². The van der Waals surface area contributed by atoms with Crippen LogP contribution in [0.1, 0.15) is 62.1 Å². The summed E-state index contributed by atoms with van der Waals surface area (Å²) >= 11 is 7.58. The molecule has 5 atom stereocenters. The Bertz CT molecular complexity index is 2590. The Morgan fingerprint density at radius 2 is 1.83 bits per heavy atom. The maximum absolute atomic E-state index is 14.2. The summed E-state index contributed by atoms with van der Waals surface area (Å²) in [5.74, 6) is 0.475. The number of H-pyrrole nitrogens is 1. The van der Waals surface area contributed by atoms with Crippen LogP contribution in [0.2, 0.25) is 0 Å². The van der Waals surface area contributed by atoms with E-state index in [1.54, 1.807) is 13.8 Å². The molecule has 0 radical (unpaired) electrons. The van der Waals surface area contributed by atoms with E-state index in [1.165, 1.54) is 0 Å². The quantitative estimate of drug-likeness (QED) is 0.122. The van der Waals surface area contributed by atoms with Gasteiger partial charge in [-0.25, -0.2) is 9.97 Å². The Balaban J connectivity index is 1.30. The van der Waals surface area contributed by atoms with Crippen LogP contribution < -0.4 is 20.7 Å². The molecule has 7 heterocycles. The number of aromatic amines is 1. The van der Waals surface area contributed by atoms with Gasteiger partial charge in [0.2, 0.25) is 17.7 Å². The molecule has 0 fully saturated rings. The van der Waals surface area contributed by atoms with E-state index in [0.29, 0.717) is 27.6 Å². The number of carbonyl (C=O) groups excluding carboxylic acids is 2. The lowest BCUT2D eigenvalue weighted by molar-refractivity contribution is -0.135. The molecule has 10 bridgehead atoms. The number of rotatable bonds is 4. The van der Waals surface area contributed by atoms with E-state index in [2.05, 4.69) is 71.0 Å². The van der Waals surface area contributed by atoms with Crippen LogP contribution in [-0.4, -0.2) is 50.2 Å². The number of fused-ring (bicyclic) bond motifs is 7. The Morgan fingerprint density at radius 1 is 1.00 bits per heavy atom. The van der Waals surface area contributed by atoms with Crippen molar-refractivity contribution < 1.29 is 28.3 Å². The van der Waals surface area contributed by atoms with Crippen LogP contribution in [0.25, 0.3) is 44.9 Å². The molecule has 1 spiro atoms. The van der Waals surface area contributed by atoms with Gasteiger partial charge in [-0.05, 0) is 63.2 Å². The molecule has 54 heavy (non-hydrogen) atoms. The fourth-order valence-electron chi connectivity index (χ4n) is 8.49. The van der Waals surface area contributed by atoms with Gasteiger partial charge in [0.15, 0.2) is 28.0 Å². The molecular formula is C40H34Br2N6O6. The van der Waals surface area contributed by atoms with Crippen molar-refractivity contribution in [3.05, 3.63) is 92.1 Å². The van der Waals surface area contributed by atoms with Gasteiger partial charge >= 0.3 is 0 Å². The number of amides is 2. The molecule has 14 heteroatoms. The molecule has 12 nitrogen and oxygen atoms in total. The molecule has 0 aliphatic carbocycles. The second kappa shape index (κ2) is 11.8. The number of aliphatic hydroxyl groups is 1. The zero-order chi connectivity index (χ0) is 37.4. The topological polar surface area (TPSA) is 168 Å². The number of aromatic nitrogens is 3. The Hall–Kier alpha value is -4.92. The largest absolute Gasteiger partial charge is 0.469 e. The average Bonchev–Trinajstić information content (AvgIpc) is 3.95. The molecule has 274 valence electrons. The number of nitrogens with one attached hydrogen (secondary N) is 4. The first-order chi connectivity index (χ1) is 25.9. The minimum Gasteiger partial charge on any atom is -0.469 e. The molecule has 1 unspecified atom stereocenters. The van der Waals surface area contributed by atoms with Gasteiger partial charge in [0, 0.05) is 55.9 Å². The monoisotopic (exact) mass is 852 g/mol. The minimum absolute atomic E-state index is 0.152. The standard InChI is InChI=1S/C40H34Br2N6O6/c1-15(2)28-37-46-30-33(54-37)40-22-10-17(11-25(35(50)45-28)44-36(51)31(49)16(3)4)8-9-26(22)52-39(40)47-29-20(12-18(41)13-23(29)40)19-6-5-7-24-27(19)21(14-43-24)32-34(42)48-38(30)53-32/h5-10,12-16,25,28,31,39,43,47,49H,11H2,1-4H3,(H,44,51)(H,45,50)/t25-,28-,31-,39?,40+/m0/s1. The van der Waals surface area contributed by atoms with E-state index in [1.807, 2.05) is 50.4 Å². The van der Waals surface area contributed by atoms with Crippen molar-refractivity contribution in [2.45, 2.75) is 63.9 Å². The highest BCUT2D eigenvalue weighted by Crippen LogP contribution is 2.62. The SMILES string of the molecule is CC(C)[C@H](O)C(=O)N[C@H]1Cc2ccc3c(c2)[C@]24c5cc(Br)cc(c5NC2O3)-c2cccc3[nH]cc(c23)-c2oc(nc2Br)-c2nc(oc24)[C@H](C(C)C)NC1=O. The van der Waals surface area contributed by atoms with Gasteiger partial charge in [-0.3, -0.25) is 9.59 Å². The van der Waals surface area contributed by atoms with Crippen molar-refractivity contribution in [1.29, 1.82) is 0 Å². The fourth-order valence-corrected chi connectivity index (χ4v) is 9.40. The summed E-state index contributed by atoms with van der Waals surface area (Å²) in [7, 11) is 0. The number of hydrogen-bond donors (Lipinski definition) is 5. The molecule has 10 rings (SSSR count). The van der Waals surface area contributed by atoms with Crippen molar-refractivity contribution in [3.63, 3.8) is 0 Å². The molecule has 0 saturated carbocycles. The summed E-state index contributed by atoms with van der Waals surface area (Å²) in [6.45, 7) is 7.42. The van der Waals surface area contributed by atoms with E-state index in [4.69, 9.17) is 23.5 Å². The maximum atomic E-state index is 14.2. The second-order valence-corrected chi connectivity index (χ2v) is 16.8. The van der Waals surface area contributed by atoms with Crippen molar-refractivity contribution in [1.82, 2.24) is 25.6 Å².